The molecule has 0 radical (unpaired) electrons. The van der Waals surface area contributed by atoms with Crippen molar-refractivity contribution in [2.45, 2.75) is 30.7 Å². The average Bonchev–Trinajstić information content (AvgIpc) is 2.67. The lowest BCUT2D eigenvalue weighted by Crippen LogP contribution is -2.50. The number of nitrogens with two attached hydrogens (primary N) is 1. The molecule has 2 amide bonds. The molecular formula is C18H26N4O4S. The van der Waals surface area contributed by atoms with Gasteiger partial charge >= 0.3 is 0 Å². The van der Waals surface area contributed by atoms with Crippen LogP contribution in [0, 0.1) is 5.92 Å². The summed E-state index contributed by atoms with van der Waals surface area (Å²) in [4.78, 5) is 26.2. The van der Waals surface area contributed by atoms with Crippen molar-refractivity contribution in [1.82, 2.24) is 14.5 Å². The molecule has 3 N–H and O–H groups in total. The minimum Gasteiger partial charge on any atom is -0.354 e. The molecule has 8 nitrogen and oxygen atoms in total. The van der Waals surface area contributed by atoms with Crippen LogP contribution in [-0.2, 0) is 14.8 Å². The van der Waals surface area contributed by atoms with Crippen LogP contribution in [0.5, 0.6) is 0 Å². The third-order valence-electron chi connectivity index (χ3n) is 5.25. The molecule has 0 aromatic heterocycles. The Bertz CT molecular complexity index is 809. The van der Waals surface area contributed by atoms with Gasteiger partial charge in [-0.25, -0.2) is 8.42 Å². The minimum atomic E-state index is -3.76. The number of likely N-dealkylation sites (tertiary alicyclic amines) is 1. The summed E-state index contributed by atoms with van der Waals surface area (Å²) in [6.07, 6.45) is 1.82. The molecule has 3 rings (SSSR count). The monoisotopic (exact) mass is 394 g/mol. The topological polar surface area (TPSA) is 113 Å². The predicted octanol–water partition coefficient (Wildman–Crippen LogP) is 0.00650. The third-order valence-corrected chi connectivity index (χ3v) is 7.11. The number of amides is 2. The number of benzene rings is 1. The summed E-state index contributed by atoms with van der Waals surface area (Å²) in [5.41, 5.74) is 6.28. The number of hydrogen-bond acceptors (Lipinski definition) is 5. The van der Waals surface area contributed by atoms with Crippen LogP contribution in [0.4, 0.5) is 0 Å². The Kier molecular flexibility index (Phi) is 5.83. The van der Waals surface area contributed by atoms with E-state index < -0.39 is 10.0 Å². The molecule has 0 spiro atoms. The first kappa shape index (κ1) is 19.8. The zero-order chi connectivity index (χ0) is 19.6. The molecule has 0 bridgehead atoms. The number of piperazine rings is 1. The summed E-state index contributed by atoms with van der Waals surface area (Å²) in [5, 5.41) is 2.60. The van der Waals surface area contributed by atoms with Gasteiger partial charge in [0.05, 0.1) is 11.4 Å². The van der Waals surface area contributed by atoms with E-state index in [0.29, 0.717) is 31.1 Å². The molecule has 1 aromatic rings. The highest BCUT2D eigenvalue weighted by Crippen LogP contribution is 2.24. The lowest BCUT2D eigenvalue weighted by Gasteiger charge is -2.38. The first-order valence-electron chi connectivity index (χ1n) is 9.21. The fraction of sp³-hybridized carbons (Fsp3) is 0.556. The molecule has 0 aliphatic carbocycles. The van der Waals surface area contributed by atoms with Crippen molar-refractivity contribution in [2.75, 3.05) is 32.7 Å². The summed E-state index contributed by atoms with van der Waals surface area (Å²) in [5.74, 6) is 0.0966. The summed E-state index contributed by atoms with van der Waals surface area (Å²) < 4.78 is 26.5. The van der Waals surface area contributed by atoms with Crippen LogP contribution in [0.3, 0.4) is 0 Å². The van der Waals surface area contributed by atoms with Gasteiger partial charge in [0.1, 0.15) is 0 Å². The Balaban J connectivity index is 1.76. The Labute approximate surface area is 159 Å². The van der Waals surface area contributed by atoms with Crippen LogP contribution in [0.2, 0.25) is 0 Å². The fourth-order valence-corrected chi connectivity index (χ4v) is 5.04. The van der Waals surface area contributed by atoms with E-state index in [2.05, 4.69) is 12.2 Å². The van der Waals surface area contributed by atoms with Crippen molar-refractivity contribution in [3.63, 3.8) is 0 Å². The van der Waals surface area contributed by atoms with E-state index in [9.17, 15) is 18.0 Å². The number of carbonyl (C=O) groups is 2. The van der Waals surface area contributed by atoms with Gasteiger partial charge in [-0.1, -0.05) is 6.92 Å². The highest BCUT2D eigenvalue weighted by molar-refractivity contribution is 7.89. The molecular weight excluding hydrogens is 368 g/mol. The standard InChI is InChI=1S/C18H26N4O4S/c1-13-6-8-22(15(10-13)11-19)18(24)14-2-4-16(5-3-14)27(25,26)21-9-7-20-17(23)12-21/h2-5,13,15H,6-12,19H2,1H3,(H,20,23). The van der Waals surface area contributed by atoms with Crippen molar-refractivity contribution in [3.05, 3.63) is 29.8 Å². The molecule has 1 aromatic carbocycles. The van der Waals surface area contributed by atoms with E-state index in [1.807, 2.05) is 0 Å². The first-order valence-corrected chi connectivity index (χ1v) is 10.6. The zero-order valence-corrected chi connectivity index (χ0v) is 16.2. The second-order valence-corrected chi connectivity index (χ2v) is 9.17. The van der Waals surface area contributed by atoms with Crippen molar-refractivity contribution >= 4 is 21.8 Å². The van der Waals surface area contributed by atoms with E-state index in [1.54, 1.807) is 4.90 Å². The molecule has 2 fully saturated rings. The molecule has 2 saturated heterocycles. The number of nitrogens with zero attached hydrogens (tertiary/aromatic N) is 2. The largest absolute Gasteiger partial charge is 0.354 e. The average molecular weight is 394 g/mol. The number of sulfonamides is 1. The lowest BCUT2D eigenvalue weighted by atomic mass is 9.92. The maximum atomic E-state index is 12.8. The van der Waals surface area contributed by atoms with E-state index in [4.69, 9.17) is 5.73 Å². The smallest absolute Gasteiger partial charge is 0.254 e. The maximum Gasteiger partial charge on any atom is 0.254 e. The van der Waals surface area contributed by atoms with E-state index in [-0.39, 0.29) is 35.8 Å². The van der Waals surface area contributed by atoms with Crippen molar-refractivity contribution < 1.29 is 18.0 Å². The summed E-state index contributed by atoms with van der Waals surface area (Å²) in [7, 11) is -3.76. The van der Waals surface area contributed by atoms with Crippen LogP contribution in [-0.4, -0.2) is 68.2 Å². The van der Waals surface area contributed by atoms with Crippen molar-refractivity contribution in [1.29, 1.82) is 0 Å². The Hall–Kier alpha value is -1.97. The van der Waals surface area contributed by atoms with Crippen molar-refractivity contribution in [3.8, 4) is 0 Å². The van der Waals surface area contributed by atoms with Gasteiger partial charge in [0.2, 0.25) is 15.9 Å². The van der Waals surface area contributed by atoms with Gasteiger partial charge in [-0.2, -0.15) is 4.31 Å². The van der Waals surface area contributed by atoms with E-state index in [0.717, 1.165) is 17.1 Å². The first-order chi connectivity index (χ1) is 12.8. The highest BCUT2D eigenvalue weighted by Gasteiger charge is 2.31. The van der Waals surface area contributed by atoms with Gasteiger partial charge in [-0.3, -0.25) is 9.59 Å². The number of nitrogens with one attached hydrogen (secondary N) is 1. The molecule has 2 atom stereocenters. The van der Waals surface area contributed by atoms with Crippen molar-refractivity contribution in [2.24, 2.45) is 11.7 Å². The van der Waals surface area contributed by atoms with Crippen LogP contribution in [0.1, 0.15) is 30.1 Å². The number of rotatable bonds is 4. The molecule has 27 heavy (non-hydrogen) atoms. The van der Waals surface area contributed by atoms with Gasteiger partial charge < -0.3 is 16.0 Å². The quantitative estimate of drug-likeness (QED) is 0.747. The van der Waals surface area contributed by atoms with E-state index >= 15 is 0 Å². The summed E-state index contributed by atoms with van der Waals surface area (Å²) >= 11 is 0. The van der Waals surface area contributed by atoms with Gasteiger partial charge in [0.25, 0.3) is 5.91 Å². The van der Waals surface area contributed by atoms with Crippen LogP contribution in [0.25, 0.3) is 0 Å². The Morgan fingerprint density at radius 3 is 2.59 bits per heavy atom. The second-order valence-electron chi connectivity index (χ2n) is 7.23. The Morgan fingerprint density at radius 1 is 1.26 bits per heavy atom. The SMILES string of the molecule is CC1CCN(C(=O)c2ccc(S(=O)(=O)N3CCNC(=O)C3)cc2)C(CN)C1. The molecule has 9 heteroatoms. The molecule has 2 unspecified atom stereocenters. The van der Waals surface area contributed by atoms with Crippen LogP contribution in [0.15, 0.2) is 29.2 Å². The summed E-state index contributed by atoms with van der Waals surface area (Å²) in [6, 6.07) is 5.94. The highest BCUT2D eigenvalue weighted by atomic mass is 32.2. The van der Waals surface area contributed by atoms with Gasteiger partial charge in [-0.05, 0) is 43.0 Å². The molecule has 2 aliphatic rings. The predicted molar refractivity (Wildman–Crippen MR) is 100 cm³/mol. The number of hydrogen-bond donors (Lipinski definition) is 2. The Morgan fingerprint density at radius 2 is 1.96 bits per heavy atom. The fourth-order valence-electron chi connectivity index (χ4n) is 3.65. The number of piperidine rings is 1. The van der Waals surface area contributed by atoms with Gasteiger partial charge in [0.15, 0.2) is 0 Å². The van der Waals surface area contributed by atoms with Crippen LogP contribution >= 0.6 is 0 Å². The van der Waals surface area contributed by atoms with E-state index in [1.165, 1.54) is 24.3 Å². The molecule has 148 valence electrons. The normalized spacial score (nSPS) is 24.5. The third kappa shape index (κ3) is 4.15. The lowest BCUT2D eigenvalue weighted by molar-refractivity contribution is -0.122. The van der Waals surface area contributed by atoms with Gasteiger partial charge in [0, 0.05) is 37.8 Å². The minimum absolute atomic E-state index is 0.0107. The molecule has 2 aliphatic heterocycles. The molecule has 2 heterocycles. The van der Waals surface area contributed by atoms with Crippen LogP contribution < -0.4 is 11.1 Å². The zero-order valence-electron chi connectivity index (χ0n) is 15.4. The summed E-state index contributed by atoms with van der Waals surface area (Å²) in [6.45, 7) is 3.57. The molecule has 0 saturated carbocycles. The van der Waals surface area contributed by atoms with Gasteiger partial charge in [-0.15, -0.1) is 0 Å². The second kappa shape index (κ2) is 7.95. The maximum absolute atomic E-state index is 12.8. The number of carbonyl (C=O) groups excluding carboxylic acids is 2.